The largest absolute Gasteiger partial charge is 0.357 e. The highest BCUT2D eigenvalue weighted by molar-refractivity contribution is 7.80. The van der Waals surface area contributed by atoms with Gasteiger partial charge in [-0.3, -0.25) is 0 Å². The summed E-state index contributed by atoms with van der Waals surface area (Å²) in [6.07, 6.45) is -0.361. The summed E-state index contributed by atoms with van der Waals surface area (Å²) < 4.78 is 10.0. The van der Waals surface area contributed by atoms with Gasteiger partial charge in [0.2, 0.25) is 0 Å². The predicted octanol–water partition coefficient (Wildman–Crippen LogP) is 2.90. The zero-order chi connectivity index (χ0) is 13.5. The van der Waals surface area contributed by atoms with E-state index in [1.165, 1.54) is 0 Å². The zero-order valence-electron chi connectivity index (χ0n) is 10.00. The van der Waals surface area contributed by atoms with Gasteiger partial charge in [0.05, 0.1) is 17.3 Å². The number of halogens is 2. The first-order valence-electron chi connectivity index (χ1n) is 5.12. The smallest absolute Gasteiger partial charge is 0.174 e. The molecule has 0 unspecified atom stereocenters. The summed E-state index contributed by atoms with van der Waals surface area (Å²) >= 11 is 17.0. The third-order valence-corrected chi connectivity index (χ3v) is 2.94. The molecule has 0 aromatic heterocycles. The van der Waals surface area contributed by atoms with Gasteiger partial charge in [-0.25, -0.2) is 0 Å². The lowest BCUT2D eigenvalue weighted by Crippen LogP contribution is -2.36. The number of nitrogens with one attached hydrogen (secondary N) is 2. The molecular formula is C11H14Cl2N2O2S. The Hall–Kier alpha value is -0.590. The number of ether oxygens (including phenoxy) is 2. The highest BCUT2D eigenvalue weighted by atomic mass is 35.5. The van der Waals surface area contributed by atoms with E-state index in [2.05, 4.69) is 10.6 Å². The second-order valence-electron chi connectivity index (χ2n) is 3.36. The van der Waals surface area contributed by atoms with Crippen molar-refractivity contribution >= 4 is 46.2 Å². The van der Waals surface area contributed by atoms with E-state index >= 15 is 0 Å². The fourth-order valence-electron chi connectivity index (χ4n) is 1.20. The first-order valence-corrected chi connectivity index (χ1v) is 6.28. The molecule has 0 atom stereocenters. The van der Waals surface area contributed by atoms with Crippen molar-refractivity contribution in [3.8, 4) is 0 Å². The van der Waals surface area contributed by atoms with Crippen molar-refractivity contribution in [1.82, 2.24) is 5.32 Å². The van der Waals surface area contributed by atoms with Gasteiger partial charge in [0, 0.05) is 19.2 Å². The van der Waals surface area contributed by atoms with Crippen LogP contribution in [0.2, 0.25) is 10.0 Å². The van der Waals surface area contributed by atoms with Crippen molar-refractivity contribution in [2.24, 2.45) is 0 Å². The Morgan fingerprint density at radius 3 is 2.61 bits per heavy atom. The summed E-state index contributed by atoms with van der Waals surface area (Å²) in [6.45, 7) is 0.428. The molecule has 18 heavy (non-hydrogen) atoms. The molecule has 1 rings (SSSR count). The van der Waals surface area contributed by atoms with Crippen LogP contribution in [0.3, 0.4) is 0 Å². The number of hydrogen-bond acceptors (Lipinski definition) is 3. The average Bonchev–Trinajstić information content (AvgIpc) is 2.35. The van der Waals surface area contributed by atoms with Gasteiger partial charge in [-0.15, -0.1) is 0 Å². The van der Waals surface area contributed by atoms with Crippen LogP contribution in [0.15, 0.2) is 18.2 Å². The summed E-state index contributed by atoms with van der Waals surface area (Å²) in [6, 6.07) is 5.10. The summed E-state index contributed by atoms with van der Waals surface area (Å²) in [4.78, 5) is 0. The molecular weight excluding hydrogens is 295 g/mol. The standard InChI is InChI=1S/C11H14Cl2N2O2S/c1-16-10(17-2)6-14-11(18)15-9-5-7(12)3-4-8(9)13/h3-5,10H,6H2,1-2H3,(H2,14,15,18). The minimum absolute atomic E-state index is 0.361. The van der Waals surface area contributed by atoms with Gasteiger partial charge in [0.15, 0.2) is 11.4 Å². The molecule has 1 aromatic carbocycles. The predicted molar refractivity (Wildman–Crippen MR) is 78.5 cm³/mol. The van der Waals surface area contributed by atoms with Gasteiger partial charge in [-0.1, -0.05) is 23.2 Å². The van der Waals surface area contributed by atoms with Crippen molar-refractivity contribution in [3.05, 3.63) is 28.2 Å². The molecule has 0 bridgehead atoms. The summed E-state index contributed by atoms with van der Waals surface area (Å²) in [7, 11) is 3.11. The van der Waals surface area contributed by atoms with E-state index in [4.69, 9.17) is 44.9 Å². The Morgan fingerprint density at radius 2 is 2.00 bits per heavy atom. The van der Waals surface area contributed by atoms with Crippen LogP contribution >= 0.6 is 35.4 Å². The van der Waals surface area contributed by atoms with Gasteiger partial charge in [0.25, 0.3) is 0 Å². The SMILES string of the molecule is COC(CNC(=S)Nc1cc(Cl)ccc1Cl)OC. The van der Waals surface area contributed by atoms with Crippen LogP contribution in [-0.4, -0.2) is 32.2 Å². The third-order valence-electron chi connectivity index (χ3n) is 2.13. The first-order chi connectivity index (χ1) is 8.56. The van der Waals surface area contributed by atoms with E-state index in [0.717, 1.165) is 0 Å². The van der Waals surface area contributed by atoms with Gasteiger partial charge < -0.3 is 20.1 Å². The molecule has 4 nitrogen and oxygen atoms in total. The second-order valence-corrected chi connectivity index (χ2v) is 4.61. The number of benzene rings is 1. The summed E-state index contributed by atoms with van der Waals surface area (Å²) in [5, 5.41) is 7.43. The lowest BCUT2D eigenvalue weighted by atomic mass is 10.3. The molecule has 100 valence electrons. The molecule has 2 N–H and O–H groups in total. The van der Waals surface area contributed by atoms with Gasteiger partial charge >= 0.3 is 0 Å². The molecule has 1 aromatic rings. The van der Waals surface area contributed by atoms with E-state index < -0.39 is 0 Å². The Balaban J connectivity index is 2.51. The Kier molecular flexibility index (Phi) is 6.67. The van der Waals surface area contributed by atoms with Gasteiger partial charge in [-0.05, 0) is 30.4 Å². The van der Waals surface area contributed by atoms with Crippen LogP contribution in [0.5, 0.6) is 0 Å². The summed E-state index contributed by atoms with van der Waals surface area (Å²) in [5.41, 5.74) is 0.646. The molecule has 0 saturated heterocycles. The molecule has 0 heterocycles. The molecule has 0 aliphatic heterocycles. The van der Waals surface area contributed by atoms with Crippen LogP contribution in [0.25, 0.3) is 0 Å². The van der Waals surface area contributed by atoms with Crippen molar-refractivity contribution < 1.29 is 9.47 Å². The maximum Gasteiger partial charge on any atom is 0.174 e. The van der Waals surface area contributed by atoms with Crippen molar-refractivity contribution in [2.75, 3.05) is 26.1 Å². The van der Waals surface area contributed by atoms with E-state index in [-0.39, 0.29) is 6.29 Å². The van der Waals surface area contributed by atoms with E-state index in [1.807, 2.05) is 0 Å². The van der Waals surface area contributed by atoms with Crippen LogP contribution in [0.1, 0.15) is 0 Å². The number of anilines is 1. The van der Waals surface area contributed by atoms with Crippen molar-refractivity contribution in [3.63, 3.8) is 0 Å². The second kappa shape index (κ2) is 7.76. The molecule has 0 saturated carbocycles. The van der Waals surface area contributed by atoms with Crippen molar-refractivity contribution in [1.29, 1.82) is 0 Å². The summed E-state index contributed by atoms with van der Waals surface area (Å²) in [5.74, 6) is 0. The third kappa shape index (κ3) is 4.96. The highest BCUT2D eigenvalue weighted by Gasteiger charge is 2.07. The molecule has 0 fully saturated rings. The van der Waals surface area contributed by atoms with E-state index in [1.54, 1.807) is 32.4 Å². The first kappa shape index (κ1) is 15.5. The molecule has 0 aliphatic carbocycles. The molecule has 0 radical (unpaired) electrons. The lowest BCUT2D eigenvalue weighted by molar-refractivity contribution is -0.0964. The number of rotatable bonds is 5. The minimum Gasteiger partial charge on any atom is -0.357 e. The monoisotopic (exact) mass is 308 g/mol. The average molecular weight is 309 g/mol. The fraction of sp³-hybridized carbons (Fsp3) is 0.364. The zero-order valence-corrected chi connectivity index (χ0v) is 12.3. The normalized spacial score (nSPS) is 10.5. The molecule has 7 heteroatoms. The molecule has 0 spiro atoms. The molecule has 0 amide bonds. The number of hydrogen-bond donors (Lipinski definition) is 2. The topological polar surface area (TPSA) is 42.5 Å². The maximum absolute atomic E-state index is 6.00. The Bertz CT molecular complexity index is 414. The maximum atomic E-state index is 6.00. The van der Waals surface area contributed by atoms with Crippen LogP contribution < -0.4 is 10.6 Å². The Morgan fingerprint density at radius 1 is 1.33 bits per heavy atom. The number of methoxy groups -OCH3 is 2. The fourth-order valence-corrected chi connectivity index (χ4v) is 1.73. The number of thiocarbonyl (C=S) groups is 1. The van der Waals surface area contributed by atoms with E-state index in [0.29, 0.717) is 27.4 Å². The van der Waals surface area contributed by atoms with Gasteiger partial charge in [0.1, 0.15) is 0 Å². The lowest BCUT2D eigenvalue weighted by Gasteiger charge is -2.16. The Labute approximate surface area is 122 Å². The van der Waals surface area contributed by atoms with Crippen molar-refractivity contribution in [2.45, 2.75) is 6.29 Å². The van der Waals surface area contributed by atoms with Crippen LogP contribution in [0, 0.1) is 0 Å². The highest BCUT2D eigenvalue weighted by Crippen LogP contribution is 2.25. The van der Waals surface area contributed by atoms with E-state index in [9.17, 15) is 0 Å². The van der Waals surface area contributed by atoms with Crippen LogP contribution in [0.4, 0.5) is 5.69 Å². The van der Waals surface area contributed by atoms with Crippen LogP contribution in [-0.2, 0) is 9.47 Å². The minimum atomic E-state index is -0.361. The van der Waals surface area contributed by atoms with Gasteiger partial charge in [-0.2, -0.15) is 0 Å². The molecule has 0 aliphatic rings. The quantitative estimate of drug-likeness (QED) is 0.647.